The molecule has 186 valence electrons. The lowest BCUT2D eigenvalue weighted by molar-refractivity contribution is 0.0909. The Labute approximate surface area is 203 Å². The maximum Gasteiger partial charge on any atom is 0.322 e. The number of piperidine rings is 1. The van der Waals surface area contributed by atoms with Crippen molar-refractivity contribution < 1.29 is 19.4 Å². The summed E-state index contributed by atoms with van der Waals surface area (Å²) < 4.78 is 11.6. The predicted molar refractivity (Wildman–Crippen MR) is 126 cm³/mol. The average molecular weight is 483 g/mol. The molecule has 0 aromatic carbocycles. The molecular weight excluding hydrogens is 452 g/mol. The third-order valence-corrected chi connectivity index (χ3v) is 6.20. The number of ether oxygens (including phenoxy) is 2. The second-order valence-electron chi connectivity index (χ2n) is 9.11. The molecule has 0 radical (unpaired) electrons. The van der Waals surface area contributed by atoms with Gasteiger partial charge < -0.3 is 30.5 Å². The van der Waals surface area contributed by atoms with E-state index < -0.39 is 17.4 Å². The van der Waals surface area contributed by atoms with E-state index in [9.17, 15) is 15.2 Å². The minimum atomic E-state index is -0.529. The molecule has 3 heterocycles. The SMILES string of the molecule is C[C@H](CO)NC(=O)c1nc(OCC2(C#N)CC2)nc(N2CCC(COc3cccnc3N)CC2)n1. The fraction of sp³-hybridized carbons (Fsp3) is 0.565. The highest BCUT2D eigenvalue weighted by Gasteiger charge is 2.44. The van der Waals surface area contributed by atoms with Crippen molar-refractivity contribution in [2.24, 2.45) is 11.3 Å². The van der Waals surface area contributed by atoms with E-state index in [-0.39, 0.29) is 25.0 Å². The minimum Gasteiger partial charge on any atom is -0.489 e. The maximum absolute atomic E-state index is 12.6. The lowest BCUT2D eigenvalue weighted by Crippen LogP contribution is -2.39. The van der Waals surface area contributed by atoms with E-state index in [1.54, 1.807) is 25.3 Å². The molecule has 1 saturated heterocycles. The molecule has 0 spiro atoms. The van der Waals surface area contributed by atoms with Crippen LogP contribution < -0.4 is 25.4 Å². The Morgan fingerprint density at radius 2 is 2.11 bits per heavy atom. The second-order valence-corrected chi connectivity index (χ2v) is 9.11. The third kappa shape index (κ3) is 6.24. The molecule has 12 nitrogen and oxygen atoms in total. The molecule has 1 aliphatic carbocycles. The summed E-state index contributed by atoms with van der Waals surface area (Å²) in [6.07, 6.45) is 4.83. The number of carbonyl (C=O) groups excluding carboxylic acids is 1. The van der Waals surface area contributed by atoms with E-state index >= 15 is 0 Å². The number of amides is 1. The number of aliphatic hydroxyl groups excluding tert-OH is 1. The van der Waals surface area contributed by atoms with Gasteiger partial charge in [-0.25, -0.2) is 4.98 Å². The molecule has 2 aromatic rings. The molecule has 2 aliphatic rings. The molecule has 0 unspecified atom stereocenters. The Morgan fingerprint density at radius 3 is 2.77 bits per heavy atom. The van der Waals surface area contributed by atoms with Crippen molar-refractivity contribution in [3.8, 4) is 17.8 Å². The van der Waals surface area contributed by atoms with Crippen LogP contribution in [0.4, 0.5) is 11.8 Å². The van der Waals surface area contributed by atoms with Gasteiger partial charge in [-0.3, -0.25) is 4.79 Å². The topological polar surface area (TPSA) is 172 Å². The number of aromatic nitrogens is 4. The number of nitrogens with one attached hydrogen (secondary N) is 1. The van der Waals surface area contributed by atoms with E-state index in [1.165, 1.54) is 0 Å². The zero-order valence-electron chi connectivity index (χ0n) is 19.7. The fourth-order valence-corrected chi connectivity index (χ4v) is 3.66. The summed E-state index contributed by atoms with van der Waals surface area (Å²) in [4.78, 5) is 31.6. The van der Waals surface area contributed by atoms with Crippen LogP contribution in [0.3, 0.4) is 0 Å². The molecule has 1 amide bonds. The van der Waals surface area contributed by atoms with Gasteiger partial charge in [0.2, 0.25) is 11.8 Å². The zero-order chi connectivity index (χ0) is 24.8. The van der Waals surface area contributed by atoms with Crippen molar-refractivity contribution in [2.75, 3.05) is 43.5 Å². The van der Waals surface area contributed by atoms with E-state index in [0.717, 1.165) is 25.7 Å². The average Bonchev–Trinajstić information content (AvgIpc) is 3.67. The Hall–Kier alpha value is -3.72. The van der Waals surface area contributed by atoms with Crippen LogP contribution in [-0.4, -0.2) is 69.9 Å². The van der Waals surface area contributed by atoms with Crippen LogP contribution in [0.2, 0.25) is 0 Å². The molecule has 0 bridgehead atoms. The van der Waals surface area contributed by atoms with E-state index in [2.05, 4.69) is 31.3 Å². The molecule has 1 aliphatic heterocycles. The number of carbonyl (C=O) groups is 1. The van der Waals surface area contributed by atoms with Crippen molar-refractivity contribution in [3.05, 3.63) is 24.2 Å². The molecule has 35 heavy (non-hydrogen) atoms. The zero-order valence-corrected chi connectivity index (χ0v) is 19.7. The first kappa shape index (κ1) is 24.4. The number of hydrogen-bond acceptors (Lipinski definition) is 11. The van der Waals surface area contributed by atoms with Gasteiger partial charge >= 0.3 is 6.01 Å². The van der Waals surface area contributed by atoms with Crippen LogP contribution in [0.15, 0.2) is 18.3 Å². The number of nitrogen functional groups attached to an aromatic ring is 1. The first-order chi connectivity index (χ1) is 16.9. The van der Waals surface area contributed by atoms with Gasteiger partial charge in [0.15, 0.2) is 11.6 Å². The Bertz CT molecular complexity index is 1080. The Morgan fingerprint density at radius 1 is 1.34 bits per heavy atom. The number of anilines is 2. The third-order valence-electron chi connectivity index (χ3n) is 6.20. The van der Waals surface area contributed by atoms with Gasteiger partial charge in [0, 0.05) is 25.3 Å². The number of hydrogen-bond donors (Lipinski definition) is 3. The molecule has 12 heteroatoms. The van der Waals surface area contributed by atoms with Crippen LogP contribution in [-0.2, 0) is 0 Å². The number of pyridine rings is 1. The highest BCUT2D eigenvalue weighted by Crippen LogP contribution is 2.44. The summed E-state index contributed by atoms with van der Waals surface area (Å²) in [5, 5.41) is 21.2. The normalized spacial score (nSPS) is 17.8. The molecular formula is C23H30N8O4. The van der Waals surface area contributed by atoms with Crippen molar-refractivity contribution in [1.82, 2.24) is 25.3 Å². The van der Waals surface area contributed by atoms with Crippen LogP contribution in [0.1, 0.15) is 43.2 Å². The standard InChI is InChI=1S/C23H30N8O4/c1-15(11-32)27-20(33)19-28-21(30-22(29-19)35-14-23(13-24)6-7-23)31-9-4-16(5-10-31)12-34-17-3-2-8-26-18(17)25/h2-3,8,15-16,32H,4-7,9-12,14H2,1H3,(H2,25,26)(H,27,33)/t15-/m1/s1. The van der Waals surface area contributed by atoms with Gasteiger partial charge in [0.05, 0.1) is 24.7 Å². The first-order valence-electron chi connectivity index (χ1n) is 11.7. The van der Waals surface area contributed by atoms with Crippen molar-refractivity contribution >= 4 is 17.7 Å². The number of aliphatic hydroxyl groups is 1. The van der Waals surface area contributed by atoms with E-state index in [4.69, 9.17) is 15.2 Å². The highest BCUT2D eigenvalue weighted by molar-refractivity contribution is 5.91. The second kappa shape index (κ2) is 10.7. The Kier molecular flexibility index (Phi) is 7.45. The number of nitriles is 1. The lowest BCUT2D eigenvalue weighted by Gasteiger charge is -2.32. The number of rotatable bonds is 10. The molecule has 1 saturated carbocycles. The monoisotopic (exact) mass is 482 g/mol. The smallest absolute Gasteiger partial charge is 0.322 e. The maximum atomic E-state index is 12.6. The molecule has 2 fully saturated rings. The van der Waals surface area contributed by atoms with Crippen molar-refractivity contribution in [1.29, 1.82) is 5.26 Å². The first-order valence-corrected chi connectivity index (χ1v) is 11.7. The quantitative estimate of drug-likeness (QED) is 0.440. The van der Waals surface area contributed by atoms with Crippen LogP contribution in [0.5, 0.6) is 11.8 Å². The summed E-state index contributed by atoms with van der Waals surface area (Å²) in [5.41, 5.74) is 5.34. The van der Waals surface area contributed by atoms with Crippen LogP contribution in [0, 0.1) is 22.7 Å². The molecule has 1 atom stereocenters. The van der Waals surface area contributed by atoms with Crippen LogP contribution >= 0.6 is 0 Å². The van der Waals surface area contributed by atoms with E-state index in [0.29, 0.717) is 43.1 Å². The van der Waals surface area contributed by atoms with Gasteiger partial charge in [0.1, 0.15) is 6.61 Å². The minimum absolute atomic E-state index is 0.0100. The largest absolute Gasteiger partial charge is 0.489 e. The number of nitrogens with two attached hydrogens (primary N) is 1. The summed E-state index contributed by atoms with van der Waals surface area (Å²) in [6, 6.07) is 5.40. The van der Waals surface area contributed by atoms with E-state index in [1.807, 2.05) is 4.90 Å². The molecule has 2 aromatic heterocycles. The van der Waals surface area contributed by atoms with Gasteiger partial charge in [0.25, 0.3) is 5.91 Å². The van der Waals surface area contributed by atoms with Gasteiger partial charge in [-0.05, 0) is 50.7 Å². The number of nitrogens with zero attached hydrogens (tertiary/aromatic N) is 6. The summed E-state index contributed by atoms with van der Waals surface area (Å²) in [7, 11) is 0. The predicted octanol–water partition coefficient (Wildman–Crippen LogP) is 0.937. The Balaban J connectivity index is 1.42. The fourth-order valence-electron chi connectivity index (χ4n) is 3.66. The summed E-state index contributed by atoms with van der Waals surface area (Å²) in [5.74, 6) is 0.987. The molecule has 4 N–H and O–H groups in total. The van der Waals surface area contributed by atoms with Gasteiger partial charge in [-0.15, -0.1) is 0 Å². The summed E-state index contributed by atoms with van der Waals surface area (Å²) >= 11 is 0. The van der Waals surface area contributed by atoms with Crippen molar-refractivity contribution in [3.63, 3.8) is 0 Å². The lowest BCUT2D eigenvalue weighted by atomic mass is 9.98. The van der Waals surface area contributed by atoms with Gasteiger partial charge in [-0.1, -0.05) is 0 Å². The summed E-state index contributed by atoms with van der Waals surface area (Å²) in [6.45, 7) is 3.48. The molecule has 4 rings (SSSR count). The van der Waals surface area contributed by atoms with Crippen molar-refractivity contribution in [2.45, 2.75) is 38.6 Å². The van der Waals surface area contributed by atoms with Gasteiger partial charge in [-0.2, -0.15) is 20.2 Å². The van der Waals surface area contributed by atoms with Crippen LogP contribution in [0.25, 0.3) is 0 Å². The highest BCUT2D eigenvalue weighted by atomic mass is 16.5.